The summed E-state index contributed by atoms with van der Waals surface area (Å²) in [6.07, 6.45) is 1.32. The summed E-state index contributed by atoms with van der Waals surface area (Å²) in [6.45, 7) is 8.84. The Morgan fingerprint density at radius 2 is 1.96 bits per heavy atom. The van der Waals surface area contributed by atoms with Gasteiger partial charge in [-0.05, 0) is 26.0 Å². The smallest absolute Gasteiger partial charge is 0.315 e. The van der Waals surface area contributed by atoms with Crippen molar-refractivity contribution in [2.45, 2.75) is 32.7 Å². The topological polar surface area (TPSA) is 65.9 Å². The van der Waals surface area contributed by atoms with Gasteiger partial charge in [-0.1, -0.05) is 18.2 Å². The Hall–Kier alpha value is -2.08. The normalized spacial score (nSPS) is 17.4. The Morgan fingerprint density at radius 1 is 1.25 bits per heavy atom. The summed E-state index contributed by atoms with van der Waals surface area (Å²) in [6, 6.07) is 9.25. The van der Waals surface area contributed by atoms with E-state index in [1.165, 1.54) is 4.90 Å². The highest BCUT2D eigenvalue weighted by atomic mass is 16.2. The molecular weight excluding hydrogens is 304 g/mol. The fourth-order valence-electron chi connectivity index (χ4n) is 3.04. The van der Waals surface area contributed by atoms with Crippen molar-refractivity contribution in [2.75, 3.05) is 37.6 Å². The molecule has 1 aromatic carbocycles. The maximum absolute atomic E-state index is 12.1. The van der Waals surface area contributed by atoms with Crippen molar-refractivity contribution in [1.29, 1.82) is 0 Å². The molecular formula is C18H29N4O2+. The number of nitrogens with one attached hydrogen (secondary N) is 3. The third kappa shape index (κ3) is 5.23. The van der Waals surface area contributed by atoms with Crippen LogP contribution >= 0.6 is 0 Å². The summed E-state index contributed by atoms with van der Waals surface area (Å²) >= 11 is 0. The zero-order valence-corrected chi connectivity index (χ0v) is 14.7. The van der Waals surface area contributed by atoms with Gasteiger partial charge in [-0.25, -0.2) is 4.79 Å². The average Bonchev–Trinajstić information content (AvgIpc) is 2.96. The largest absolute Gasteiger partial charge is 0.338 e. The van der Waals surface area contributed by atoms with Crippen LogP contribution in [0.1, 0.15) is 26.7 Å². The number of carbonyl (C=O) groups is 2. The number of hydrogen-bond donors (Lipinski definition) is 3. The molecule has 0 saturated carbocycles. The van der Waals surface area contributed by atoms with E-state index in [1.807, 2.05) is 30.3 Å². The van der Waals surface area contributed by atoms with E-state index in [4.69, 9.17) is 0 Å². The third-order valence-electron chi connectivity index (χ3n) is 4.52. The number of quaternary nitrogens is 1. The predicted molar refractivity (Wildman–Crippen MR) is 95.3 cm³/mol. The number of rotatable bonds is 8. The molecule has 1 heterocycles. The molecule has 6 nitrogen and oxygen atoms in total. The third-order valence-corrected chi connectivity index (χ3v) is 4.52. The molecule has 1 aromatic rings. The van der Waals surface area contributed by atoms with Crippen molar-refractivity contribution < 1.29 is 14.5 Å². The number of carbonyl (C=O) groups excluding carboxylic acids is 2. The monoisotopic (exact) mass is 333 g/mol. The number of benzene rings is 1. The van der Waals surface area contributed by atoms with E-state index >= 15 is 0 Å². The van der Waals surface area contributed by atoms with E-state index in [9.17, 15) is 9.59 Å². The van der Waals surface area contributed by atoms with Crippen molar-refractivity contribution in [3.8, 4) is 0 Å². The Bertz CT molecular complexity index is 531. The van der Waals surface area contributed by atoms with Crippen LogP contribution < -0.4 is 20.4 Å². The van der Waals surface area contributed by atoms with Crippen LogP contribution in [0.3, 0.4) is 0 Å². The second kappa shape index (κ2) is 9.27. The molecule has 3 N–H and O–H groups in total. The summed E-state index contributed by atoms with van der Waals surface area (Å²) in [7, 11) is 0. The van der Waals surface area contributed by atoms with Crippen LogP contribution in [0.25, 0.3) is 0 Å². The fraction of sp³-hybridized carbons (Fsp3) is 0.556. The molecule has 0 bridgehead atoms. The van der Waals surface area contributed by atoms with E-state index < -0.39 is 0 Å². The summed E-state index contributed by atoms with van der Waals surface area (Å²) in [5, 5.41) is 5.80. The van der Waals surface area contributed by atoms with Crippen molar-refractivity contribution in [1.82, 2.24) is 10.6 Å². The van der Waals surface area contributed by atoms with Gasteiger partial charge in [0.1, 0.15) is 0 Å². The molecule has 2 rings (SSSR count). The maximum atomic E-state index is 12.1. The Labute approximate surface area is 144 Å². The summed E-state index contributed by atoms with van der Waals surface area (Å²) in [4.78, 5) is 27.4. The van der Waals surface area contributed by atoms with E-state index in [0.29, 0.717) is 19.5 Å². The van der Waals surface area contributed by atoms with E-state index in [0.717, 1.165) is 31.7 Å². The number of nitrogens with zero attached hydrogens (tertiary/aromatic N) is 1. The van der Waals surface area contributed by atoms with Gasteiger partial charge in [0.05, 0.1) is 25.7 Å². The number of para-hydroxylation sites is 1. The van der Waals surface area contributed by atoms with Gasteiger partial charge >= 0.3 is 6.03 Å². The first-order chi connectivity index (χ1) is 11.6. The molecule has 0 aromatic heterocycles. The van der Waals surface area contributed by atoms with Gasteiger partial charge in [0.15, 0.2) is 0 Å². The van der Waals surface area contributed by atoms with Gasteiger partial charge in [0.25, 0.3) is 0 Å². The number of anilines is 1. The lowest BCUT2D eigenvalue weighted by Crippen LogP contribution is -3.11. The van der Waals surface area contributed by atoms with Crippen molar-refractivity contribution in [3.63, 3.8) is 0 Å². The molecule has 0 spiro atoms. The zero-order chi connectivity index (χ0) is 17.4. The lowest BCUT2D eigenvalue weighted by molar-refractivity contribution is -0.896. The highest BCUT2D eigenvalue weighted by Crippen LogP contribution is 2.20. The number of urea groups is 1. The zero-order valence-electron chi connectivity index (χ0n) is 14.7. The summed E-state index contributed by atoms with van der Waals surface area (Å²) in [5.41, 5.74) is 0.884. The second-order valence-corrected chi connectivity index (χ2v) is 6.20. The van der Waals surface area contributed by atoms with E-state index in [2.05, 4.69) is 24.5 Å². The summed E-state index contributed by atoms with van der Waals surface area (Å²) in [5.74, 6) is 0.0524. The van der Waals surface area contributed by atoms with Gasteiger partial charge in [0.2, 0.25) is 5.91 Å². The maximum Gasteiger partial charge on any atom is 0.315 e. The van der Waals surface area contributed by atoms with Gasteiger partial charge < -0.3 is 20.4 Å². The lowest BCUT2D eigenvalue weighted by atomic mass is 10.2. The van der Waals surface area contributed by atoms with Gasteiger partial charge in [0, 0.05) is 31.6 Å². The number of amides is 3. The molecule has 132 valence electrons. The fourth-order valence-corrected chi connectivity index (χ4v) is 3.04. The van der Waals surface area contributed by atoms with Crippen LogP contribution in [0, 0.1) is 0 Å². The first kappa shape index (κ1) is 18.3. The molecule has 1 aliphatic heterocycles. The second-order valence-electron chi connectivity index (χ2n) is 6.20. The average molecular weight is 333 g/mol. The molecule has 0 aliphatic carbocycles. The lowest BCUT2D eigenvalue weighted by Gasteiger charge is -2.18. The van der Waals surface area contributed by atoms with Crippen LogP contribution in [-0.2, 0) is 4.79 Å². The minimum Gasteiger partial charge on any atom is -0.338 e. The molecule has 24 heavy (non-hydrogen) atoms. The molecule has 3 amide bonds. The van der Waals surface area contributed by atoms with Crippen molar-refractivity contribution in [3.05, 3.63) is 30.3 Å². The minimum atomic E-state index is -0.183. The SMILES string of the molecule is CC[NH+](CC)CCCNC(=O)N[C@@H]1CC(=O)N(c2ccccc2)C1. The quantitative estimate of drug-likeness (QED) is 0.603. The van der Waals surface area contributed by atoms with Crippen LogP contribution in [0.4, 0.5) is 10.5 Å². The van der Waals surface area contributed by atoms with Crippen molar-refractivity contribution in [2.24, 2.45) is 0 Å². The summed E-state index contributed by atoms with van der Waals surface area (Å²) < 4.78 is 0. The molecule has 6 heteroatoms. The van der Waals surface area contributed by atoms with Crippen LogP contribution in [0.15, 0.2) is 30.3 Å². The van der Waals surface area contributed by atoms with Crippen LogP contribution in [-0.4, -0.2) is 50.7 Å². The Morgan fingerprint density at radius 3 is 2.62 bits per heavy atom. The molecule has 1 fully saturated rings. The van der Waals surface area contributed by atoms with Crippen LogP contribution in [0.5, 0.6) is 0 Å². The molecule has 0 unspecified atom stereocenters. The Balaban J connectivity index is 1.70. The van der Waals surface area contributed by atoms with Gasteiger partial charge in [-0.15, -0.1) is 0 Å². The number of hydrogen-bond acceptors (Lipinski definition) is 2. The van der Waals surface area contributed by atoms with Gasteiger partial charge in [-0.2, -0.15) is 0 Å². The van der Waals surface area contributed by atoms with Crippen molar-refractivity contribution >= 4 is 17.6 Å². The highest BCUT2D eigenvalue weighted by molar-refractivity contribution is 5.96. The van der Waals surface area contributed by atoms with Crippen LogP contribution in [0.2, 0.25) is 0 Å². The van der Waals surface area contributed by atoms with Gasteiger partial charge in [-0.3, -0.25) is 4.79 Å². The molecule has 0 radical (unpaired) electrons. The van der Waals surface area contributed by atoms with E-state index in [-0.39, 0.29) is 18.0 Å². The first-order valence-electron chi connectivity index (χ1n) is 8.87. The highest BCUT2D eigenvalue weighted by Gasteiger charge is 2.31. The standard InChI is InChI=1S/C18H28N4O2/c1-3-21(4-2)12-8-11-19-18(24)20-15-13-17(23)22(14-15)16-9-6-5-7-10-16/h5-7,9-10,15H,3-4,8,11-14H2,1-2H3,(H2,19,20,24)/p+1/t15-/m1/s1. The predicted octanol–water partition coefficient (Wildman–Crippen LogP) is 0.406. The Kier molecular flexibility index (Phi) is 7.06. The minimum absolute atomic E-state index is 0.0524. The first-order valence-corrected chi connectivity index (χ1v) is 8.87. The molecule has 1 saturated heterocycles. The van der Waals surface area contributed by atoms with E-state index in [1.54, 1.807) is 4.90 Å². The molecule has 1 aliphatic rings. The molecule has 1 atom stereocenters.